The first kappa shape index (κ1) is 18.0. The molecule has 0 aliphatic carbocycles. The third kappa shape index (κ3) is 4.13. The number of carbonyl (C=O) groups excluding carboxylic acids is 2. The second-order valence-electron chi connectivity index (χ2n) is 6.67. The highest BCUT2D eigenvalue weighted by molar-refractivity contribution is 5.93. The minimum atomic E-state index is -0.462. The van der Waals surface area contributed by atoms with Crippen LogP contribution in [-0.4, -0.2) is 72.7 Å². The monoisotopic (exact) mass is 382 g/mol. The van der Waals surface area contributed by atoms with Crippen LogP contribution in [0.1, 0.15) is 0 Å². The van der Waals surface area contributed by atoms with Crippen LogP contribution in [0.2, 0.25) is 0 Å². The standard InChI is InChI=1S/C19H22N6O3/c26-17(14-25-10-11-28-19(25)27)22-15-12-20-18(21-13-15)24-8-6-23(7-9-24)16-4-2-1-3-5-16/h1-5,12-13H,6-11,14H2,(H,22,26). The van der Waals surface area contributed by atoms with E-state index in [1.807, 2.05) is 18.2 Å². The van der Waals surface area contributed by atoms with Crippen molar-refractivity contribution >= 4 is 29.3 Å². The van der Waals surface area contributed by atoms with Crippen LogP contribution >= 0.6 is 0 Å². The van der Waals surface area contributed by atoms with Gasteiger partial charge in [-0.3, -0.25) is 9.69 Å². The van der Waals surface area contributed by atoms with E-state index in [1.54, 1.807) is 12.4 Å². The summed E-state index contributed by atoms with van der Waals surface area (Å²) in [7, 11) is 0. The van der Waals surface area contributed by atoms with Crippen LogP contribution in [-0.2, 0) is 9.53 Å². The fourth-order valence-corrected chi connectivity index (χ4v) is 3.30. The lowest BCUT2D eigenvalue weighted by Gasteiger charge is -2.36. The van der Waals surface area contributed by atoms with E-state index in [9.17, 15) is 9.59 Å². The van der Waals surface area contributed by atoms with Crippen molar-refractivity contribution in [3.05, 3.63) is 42.7 Å². The van der Waals surface area contributed by atoms with Crippen LogP contribution in [0, 0.1) is 0 Å². The van der Waals surface area contributed by atoms with Gasteiger partial charge in [0.1, 0.15) is 13.2 Å². The molecule has 2 aliphatic heterocycles. The molecule has 1 aromatic heterocycles. The molecule has 0 unspecified atom stereocenters. The van der Waals surface area contributed by atoms with Crippen molar-refractivity contribution in [1.29, 1.82) is 0 Å². The lowest BCUT2D eigenvalue weighted by Crippen LogP contribution is -2.47. The van der Waals surface area contributed by atoms with Crippen LogP contribution in [0.15, 0.2) is 42.7 Å². The Balaban J connectivity index is 1.29. The van der Waals surface area contributed by atoms with Gasteiger partial charge in [0.25, 0.3) is 0 Å². The fraction of sp³-hybridized carbons (Fsp3) is 0.368. The van der Waals surface area contributed by atoms with Crippen LogP contribution in [0.3, 0.4) is 0 Å². The number of anilines is 3. The van der Waals surface area contributed by atoms with E-state index in [2.05, 4.69) is 37.2 Å². The molecule has 1 N–H and O–H groups in total. The van der Waals surface area contributed by atoms with E-state index >= 15 is 0 Å². The van der Waals surface area contributed by atoms with E-state index in [1.165, 1.54) is 10.6 Å². The van der Waals surface area contributed by atoms with E-state index < -0.39 is 6.09 Å². The Morgan fingerprint density at radius 3 is 2.32 bits per heavy atom. The zero-order valence-corrected chi connectivity index (χ0v) is 15.5. The highest BCUT2D eigenvalue weighted by Gasteiger charge is 2.24. The lowest BCUT2D eigenvalue weighted by molar-refractivity contribution is -0.116. The van der Waals surface area contributed by atoms with Crippen molar-refractivity contribution in [1.82, 2.24) is 14.9 Å². The summed E-state index contributed by atoms with van der Waals surface area (Å²) in [4.78, 5) is 38.0. The molecule has 2 aliphatic rings. The van der Waals surface area contributed by atoms with Crippen molar-refractivity contribution in [2.45, 2.75) is 0 Å². The number of benzene rings is 1. The number of amides is 2. The first-order valence-electron chi connectivity index (χ1n) is 9.27. The summed E-state index contributed by atoms with van der Waals surface area (Å²) in [5, 5.41) is 2.71. The van der Waals surface area contributed by atoms with Crippen LogP contribution in [0.5, 0.6) is 0 Å². The van der Waals surface area contributed by atoms with Gasteiger partial charge in [-0.1, -0.05) is 18.2 Å². The van der Waals surface area contributed by atoms with Crippen molar-refractivity contribution in [3.63, 3.8) is 0 Å². The van der Waals surface area contributed by atoms with Crippen molar-refractivity contribution in [2.75, 3.05) is 61.0 Å². The second-order valence-corrected chi connectivity index (χ2v) is 6.67. The molecule has 0 bridgehead atoms. The molecule has 9 heteroatoms. The topological polar surface area (TPSA) is 90.9 Å². The largest absolute Gasteiger partial charge is 0.448 e. The summed E-state index contributed by atoms with van der Waals surface area (Å²) in [6, 6.07) is 10.3. The SMILES string of the molecule is O=C(CN1CCOC1=O)Nc1cnc(N2CCN(c3ccccc3)CC2)nc1. The van der Waals surface area contributed by atoms with Gasteiger partial charge in [-0.2, -0.15) is 0 Å². The molecular formula is C19H22N6O3. The number of nitrogens with one attached hydrogen (secondary N) is 1. The lowest BCUT2D eigenvalue weighted by atomic mass is 10.2. The predicted molar refractivity (Wildman–Crippen MR) is 104 cm³/mol. The Hall–Kier alpha value is -3.36. The zero-order valence-electron chi connectivity index (χ0n) is 15.5. The van der Waals surface area contributed by atoms with Gasteiger partial charge in [-0.05, 0) is 12.1 Å². The van der Waals surface area contributed by atoms with E-state index in [-0.39, 0.29) is 12.5 Å². The number of ether oxygens (including phenoxy) is 1. The van der Waals surface area contributed by atoms with Crippen molar-refractivity contribution in [3.8, 4) is 0 Å². The molecule has 0 saturated carbocycles. The van der Waals surface area contributed by atoms with Crippen LogP contribution < -0.4 is 15.1 Å². The van der Waals surface area contributed by atoms with Gasteiger partial charge in [0.2, 0.25) is 11.9 Å². The highest BCUT2D eigenvalue weighted by Crippen LogP contribution is 2.18. The second kappa shape index (κ2) is 8.12. The summed E-state index contributed by atoms with van der Waals surface area (Å²) < 4.78 is 4.81. The van der Waals surface area contributed by atoms with Gasteiger partial charge >= 0.3 is 6.09 Å². The Kier molecular flexibility index (Phi) is 5.22. The maximum atomic E-state index is 12.0. The number of rotatable bonds is 5. The van der Waals surface area contributed by atoms with Gasteiger partial charge in [0.15, 0.2) is 0 Å². The Morgan fingerprint density at radius 1 is 1.00 bits per heavy atom. The number of carbonyl (C=O) groups is 2. The summed E-state index contributed by atoms with van der Waals surface area (Å²) in [6.07, 6.45) is 2.72. The molecule has 0 atom stereocenters. The van der Waals surface area contributed by atoms with Gasteiger partial charge < -0.3 is 19.9 Å². The minimum Gasteiger partial charge on any atom is -0.448 e. The summed E-state index contributed by atoms with van der Waals surface area (Å²) >= 11 is 0. The Bertz CT molecular complexity index is 821. The number of hydrogen-bond donors (Lipinski definition) is 1. The summed E-state index contributed by atoms with van der Waals surface area (Å²) in [5.41, 5.74) is 1.73. The maximum absolute atomic E-state index is 12.0. The number of piperazine rings is 1. The molecule has 0 radical (unpaired) electrons. The molecule has 4 rings (SSSR count). The number of hydrogen-bond acceptors (Lipinski definition) is 7. The molecule has 2 aromatic rings. The van der Waals surface area contributed by atoms with Crippen LogP contribution in [0.25, 0.3) is 0 Å². The number of nitrogens with zero attached hydrogens (tertiary/aromatic N) is 5. The van der Waals surface area contributed by atoms with Crippen molar-refractivity contribution < 1.29 is 14.3 Å². The normalized spacial score (nSPS) is 16.9. The first-order chi connectivity index (χ1) is 13.7. The molecule has 0 spiro atoms. The van der Waals surface area contributed by atoms with Crippen molar-refractivity contribution in [2.24, 2.45) is 0 Å². The van der Waals surface area contributed by atoms with Gasteiger partial charge in [0.05, 0.1) is 24.6 Å². The zero-order chi connectivity index (χ0) is 19.3. The third-order valence-electron chi connectivity index (χ3n) is 4.79. The molecule has 2 amide bonds. The smallest absolute Gasteiger partial charge is 0.410 e. The average Bonchev–Trinajstić information content (AvgIpc) is 3.14. The van der Waals surface area contributed by atoms with Gasteiger partial charge in [-0.15, -0.1) is 0 Å². The minimum absolute atomic E-state index is 0.0397. The molecular weight excluding hydrogens is 360 g/mol. The highest BCUT2D eigenvalue weighted by atomic mass is 16.6. The van der Waals surface area contributed by atoms with E-state index in [4.69, 9.17) is 4.74 Å². The summed E-state index contributed by atoms with van der Waals surface area (Å²) in [6.45, 7) is 4.17. The molecule has 146 valence electrons. The Labute approximate surface area is 162 Å². The molecule has 28 heavy (non-hydrogen) atoms. The van der Waals surface area contributed by atoms with Gasteiger partial charge in [-0.25, -0.2) is 14.8 Å². The number of para-hydroxylation sites is 1. The molecule has 1 aromatic carbocycles. The molecule has 2 fully saturated rings. The maximum Gasteiger partial charge on any atom is 0.410 e. The van der Waals surface area contributed by atoms with Crippen LogP contribution in [0.4, 0.5) is 22.1 Å². The predicted octanol–water partition coefficient (Wildman–Crippen LogP) is 1.19. The van der Waals surface area contributed by atoms with Gasteiger partial charge in [0, 0.05) is 31.9 Å². The summed E-state index contributed by atoms with van der Waals surface area (Å²) in [5.74, 6) is 0.348. The number of aromatic nitrogens is 2. The third-order valence-corrected chi connectivity index (χ3v) is 4.79. The molecule has 2 saturated heterocycles. The Morgan fingerprint density at radius 2 is 1.68 bits per heavy atom. The average molecular weight is 382 g/mol. The quantitative estimate of drug-likeness (QED) is 0.831. The van der Waals surface area contributed by atoms with E-state index in [0.29, 0.717) is 24.8 Å². The molecule has 3 heterocycles. The first-order valence-corrected chi connectivity index (χ1v) is 9.27. The number of cyclic esters (lactones) is 1. The van der Waals surface area contributed by atoms with E-state index in [0.717, 1.165) is 26.2 Å². The molecule has 9 nitrogen and oxygen atoms in total. The fourth-order valence-electron chi connectivity index (χ4n) is 3.30.